The SMILES string of the molecule is CC(C)C[C@@H](Nc1nc(Nc2cccc(-n3cccn3)c2)c(C(N)=O)c(=O)[nH]1)C(N)=O. The number of hydrogen-bond donors (Lipinski definition) is 5. The van der Waals surface area contributed by atoms with Crippen molar-refractivity contribution in [2.24, 2.45) is 17.4 Å². The molecule has 0 bridgehead atoms. The number of anilines is 3. The zero-order valence-corrected chi connectivity index (χ0v) is 17.1. The van der Waals surface area contributed by atoms with E-state index in [1.165, 1.54) is 0 Å². The average molecular weight is 424 g/mol. The fraction of sp³-hybridized carbons (Fsp3) is 0.250. The zero-order chi connectivity index (χ0) is 22.5. The first kappa shape index (κ1) is 21.6. The third-order valence-electron chi connectivity index (χ3n) is 4.41. The van der Waals surface area contributed by atoms with Gasteiger partial charge in [0, 0.05) is 18.1 Å². The van der Waals surface area contributed by atoms with Crippen molar-refractivity contribution >= 4 is 29.3 Å². The Hall–Kier alpha value is -4.15. The lowest BCUT2D eigenvalue weighted by Crippen LogP contribution is -2.38. The molecule has 2 heterocycles. The third-order valence-corrected chi connectivity index (χ3v) is 4.41. The number of aromatic amines is 1. The van der Waals surface area contributed by atoms with Gasteiger partial charge in [-0.15, -0.1) is 0 Å². The number of primary amides is 2. The van der Waals surface area contributed by atoms with E-state index < -0.39 is 23.4 Å². The molecule has 0 saturated heterocycles. The Labute approximate surface area is 177 Å². The summed E-state index contributed by atoms with van der Waals surface area (Å²) < 4.78 is 1.65. The summed E-state index contributed by atoms with van der Waals surface area (Å²) in [7, 11) is 0. The molecule has 1 aromatic carbocycles. The number of aromatic nitrogens is 4. The normalized spacial score (nSPS) is 11.8. The summed E-state index contributed by atoms with van der Waals surface area (Å²) in [4.78, 5) is 42.9. The Morgan fingerprint density at radius 2 is 2.00 bits per heavy atom. The van der Waals surface area contributed by atoms with Gasteiger partial charge < -0.3 is 22.1 Å². The summed E-state index contributed by atoms with van der Waals surface area (Å²) in [6.45, 7) is 3.87. The molecule has 0 unspecified atom stereocenters. The molecule has 7 N–H and O–H groups in total. The number of nitrogens with two attached hydrogens (primary N) is 2. The van der Waals surface area contributed by atoms with E-state index >= 15 is 0 Å². The Morgan fingerprint density at radius 1 is 1.23 bits per heavy atom. The fourth-order valence-corrected chi connectivity index (χ4v) is 3.03. The molecule has 1 atom stereocenters. The minimum Gasteiger partial charge on any atom is -0.368 e. The Kier molecular flexibility index (Phi) is 6.34. The maximum Gasteiger partial charge on any atom is 0.267 e. The molecule has 0 aliphatic heterocycles. The highest BCUT2D eigenvalue weighted by molar-refractivity contribution is 5.98. The lowest BCUT2D eigenvalue weighted by Gasteiger charge is -2.18. The van der Waals surface area contributed by atoms with Crippen LogP contribution >= 0.6 is 0 Å². The van der Waals surface area contributed by atoms with Gasteiger partial charge in [0.1, 0.15) is 11.6 Å². The van der Waals surface area contributed by atoms with Crippen LogP contribution in [0.2, 0.25) is 0 Å². The molecule has 2 aromatic heterocycles. The number of carbonyl (C=O) groups is 2. The van der Waals surface area contributed by atoms with Crippen molar-refractivity contribution in [3.63, 3.8) is 0 Å². The van der Waals surface area contributed by atoms with Gasteiger partial charge in [-0.1, -0.05) is 19.9 Å². The molecule has 0 aliphatic carbocycles. The van der Waals surface area contributed by atoms with Crippen molar-refractivity contribution in [3.8, 4) is 5.69 Å². The molecule has 3 rings (SSSR count). The van der Waals surface area contributed by atoms with Crippen molar-refractivity contribution in [1.82, 2.24) is 19.7 Å². The predicted octanol–water partition coefficient (Wildman–Crippen LogP) is 1.11. The van der Waals surface area contributed by atoms with Gasteiger partial charge in [0.15, 0.2) is 5.82 Å². The molecule has 0 spiro atoms. The minimum absolute atomic E-state index is 0.00909. The molecule has 0 fully saturated rings. The van der Waals surface area contributed by atoms with Crippen LogP contribution in [-0.4, -0.2) is 37.6 Å². The van der Waals surface area contributed by atoms with E-state index in [2.05, 4.69) is 25.7 Å². The van der Waals surface area contributed by atoms with Gasteiger partial charge in [-0.3, -0.25) is 19.4 Å². The van der Waals surface area contributed by atoms with Crippen LogP contribution in [0.3, 0.4) is 0 Å². The average Bonchev–Trinajstić information content (AvgIpc) is 3.21. The Bertz CT molecular complexity index is 1140. The number of H-pyrrole nitrogens is 1. The number of nitrogens with one attached hydrogen (secondary N) is 3. The van der Waals surface area contributed by atoms with Crippen molar-refractivity contribution in [1.29, 1.82) is 0 Å². The van der Waals surface area contributed by atoms with Crippen molar-refractivity contribution in [2.45, 2.75) is 26.3 Å². The van der Waals surface area contributed by atoms with Crippen LogP contribution < -0.4 is 27.7 Å². The summed E-state index contributed by atoms with van der Waals surface area (Å²) in [6, 6.07) is 8.15. The van der Waals surface area contributed by atoms with Gasteiger partial charge in [0.2, 0.25) is 11.9 Å². The second-order valence-corrected chi connectivity index (χ2v) is 7.36. The zero-order valence-electron chi connectivity index (χ0n) is 17.1. The lowest BCUT2D eigenvalue weighted by molar-refractivity contribution is -0.119. The van der Waals surface area contributed by atoms with E-state index in [4.69, 9.17) is 11.5 Å². The molecule has 31 heavy (non-hydrogen) atoms. The van der Waals surface area contributed by atoms with Crippen LogP contribution in [0, 0.1) is 5.92 Å². The van der Waals surface area contributed by atoms with Gasteiger partial charge in [-0.25, -0.2) is 4.68 Å². The highest BCUT2D eigenvalue weighted by Crippen LogP contribution is 2.21. The summed E-state index contributed by atoms with van der Waals surface area (Å²) in [5, 5.41) is 9.95. The summed E-state index contributed by atoms with van der Waals surface area (Å²) in [5.41, 5.74) is 11.1. The second-order valence-electron chi connectivity index (χ2n) is 7.36. The number of rotatable bonds is 9. The summed E-state index contributed by atoms with van der Waals surface area (Å²) in [6.07, 6.45) is 3.86. The predicted molar refractivity (Wildman–Crippen MR) is 116 cm³/mol. The molecule has 11 nitrogen and oxygen atoms in total. The maximum atomic E-state index is 12.5. The summed E-state index contributed by atoms with van der Waals surface area (Å²) >= 11 is 0. The first-order valence-electron chi connectivity index (χ1n) is 9.61. The lowest BCUT2D eigenvalue weighted by atomic mass is 10.0. The van der Waals surface area contributed by atoms with Crippen LogP contribution in [0.5, 0.6) is 0 Å². The van der Waals surface area contributed by atoms with E-state index in [0.29, 0.717) is 12.1 Å². The molecule has 0 aliphatic rings. The van der Waals surface area contributed by atoms with E-state index in [1.807, 2.05) is 19.9 Å². The van der Waals surface area contributed by atoms with Gasteiger partial charge in [-0.2, -0.15) is 10.1 Å². The van der Waals surface area contributed by atoms with Gasteiger partial charge >= 0.3 is 0 Å². The number of carbonyl (C=O) groups excluding carboxylic acids is 2. The van der Waals surface area contributed by atoms with Crippen LogP contribution in [0.25, 0.3) is 5.69 Å². The van der Waals surface area contributed by atoms with Crippen LogP contribution in [0.4, 0.5) is 17.5 Å². The molecule has 0 radical (unpaired) electrons. The van der Waals surface area contributed by atoms with E-state index in [9.17, 15) is 14.4 Å². The molecule has 3 aromatic rings. The van der Waals surface area contributed by atoms with E-state index in [-0.39, 0.29) is 23.2 Å². The molecule has 162 valence electrons. The van der Waals surface area contributed by atoms with Crippen LogP contribution in [0.1, 0.15) is 30.6 Å². The highest BCUT2D eigenvalue weighted by Gasteiger charge is 2.21. The third kappa shape index (κ3) is 5.26. The Morgan fingerprint density at radius 3 is 2.61 bits per heavy atom. The second kappa shape index (κ2) is 9.11. The van der Waals surface area contributed by atoms with Crippen molar-refractivity contribution in [2.75, 3.05) is 10.6 Å². The standard InChI is InChI=1S/C20H24N8O3/c1-11(2)9-14(16(21)29)25-20-26-18(15(17(22)30)19(31)27-20)24-12-5-3-6-13(10-12)28-8-4-7-23-28/h3-8,10-11,14H,9H2,1-2H3,(H2,21,29)(H2,22,30)(H3,24,25,26,27,31)/t14-/m1/s1. The minimum atomic E-state index is -0.945. The van der Waals surface area contributed by atoms with Crippen molar-refractivity contribution in [3.05, 3.63) is 58.6 Å². The highest BCUT2D eigenvalue weighted by atomic mass is 16.2. The number of benzene rings is 1. The first-order chi connectivity index (χ1) is 14.7. The molecular formula is C20H24N8O3. The number of nitrogens with zero attached hydrogens (tertiary/aromatic N) is 3. The fourth-order valence-electron chi connectivity index (χ4n) is 3.03. The molecule has 11 heteroatoms. The molecular weight excluding hydrogens is 400 g/mol. The topological polar surface area (TPSA) is 174 Å². The largest absolute Gasteiger partial charge is 0.368 e. The number of amides is 2. The van der Waals surface area contributed by atoms with Crippen LogP contribution in [-0.2, 0) is 4.79 Å². The van der Waals surface area contributed by atoms with Gasteiger partial charge in [-0.05, 0) is 36.6 Å². The number of hydrogen-bond acceptors (Lipinski definition) is 7. The molecule has 2 amide bonds. The van der Waals surface area contributed by atoms with Crippen LogP contribution in [0.15, 0.2) is 47.5 Å². The van der Waals surface area contributed by atoms with Gasteiger partial charge in [0.05, 0.1) is 5.69 Å². The van der Waals surface area contributed by atoms with E-state index in [1.54, 1.807) is 41.3 Å². The smallest absolute Gasteiger partial charge is 0.267 e. The Balaban J connectivity index is 1.97. The molecule has 0 saturated carbocycles. The van der Waals surface area contributed by atoms with E-state index in [0.717, 1.165) is 5.69 Å². The monoisotopic (exact) mass is 424 g/mol. The van der Waals surface area contributed by atoms with Crippen molar-refractivity contribution < 1.29 is 9.59 Å². The maximum absolute atomic E-state index is 12.5. The quantitative estimate of drug-likeness (QED) is 0.342. The first-order valence-corrected chi connectivity index (χ1v) is 9.61. The summed E-state index contributed by atoms with van der Waals surface area (Å²) in [5.74, 6) is -1.42. The van der Waals surface area contributed by atoms with Gasteiger partial charge in [0.25, 0.3) is 11.5 Å².